The minimum Gasteiger partial charge on any atom is -0.489 e. The lowest BCUT2D eigenvalue weighted by atomic mass is 10.2. The van der Waals surface area contributed by atoms with E-state index in [1.165, 1.54) is 10.9 Å². The van der Waals surface area contributed by atoms with Gasteiger partial charge in [-0.3, -0.25) is 4.57 Å². The Morgan fingerprint density at radius 1 is 1.03 bits per heavy atom. The smallest absolute Gasteiger partial charge is 0.451 e. The zero-order valence-electron chi connectivity index (χ0n) is 16.0. The van der Waals surface area contributed by atoms with Gasteiger partial charge < -0.3 is 10.1 Å². The van der Waals surface area contributed by atoms with Gasteiger partial charge in [-0.2, -0.15) is 13.2 Å². The van der Waals surface area contributed by atoms with Crippen molar-refractivity contribution in [1.82, 2.24) is 19.5 Å². The van der Waals surface area contributed by atoms with Gasteiger partial charge in [0.05, 0.1) is 5.69 Å². The number of imidazole rings is 1. The van der Waals surface area contributed by atoms with Crippen LogP contribution >= 0.6 is 0 Å². The van der Waals surface area contributed by atoms with E-state index >= 15 is 0 Å². The maximum atomic E-state index is 13.3. The van der Waals surface area contributed by atoms with Crippen molar-refractivity contribution in [2.45, 2.75) is 19.7 Å². The quantitative estimate of drug-likeness (QED) is 0.490. The van der Waals surface area contributed by atoms with Gasteiger partial charge in [0, 0.05) is 12.6 Å². The Hall–Kier alpha value is -3.62. The molecule has 0 aliphatic rings. The van der Waals surface area contributed by atoms with E-state index in [-0.39, 0.29) is 17.0 Å². The molecule has 0 amide bonds. The molecule has 0 aliphatic carbocycles. The molecule has 0 aliphatic heterocycles. The number of alkyl halides is 3. The zero-order chi connectivity index (χ0) is 21.1. The molecule has 0 unspecified atom stereocenters. The first-order valence-corrected chi connectivity index (χ1v) is 9.29. The number of hydrogen-bond acceptors (Lipinski definition) is 5. The number of ether oxygens (including phenoxy) is 1. The number of hydrogen-bond donors (Lipinski definition) is 1. The van der Waals surface area contributed by atoms with Crippen LogP contribution in [0.5, 0.6) is 5.75 Å². The Morgan fingerprint density at radius 3 is 2.57 bits per heavy atom. The van der Waals surface area contributed by atoms with E-state index in [4.69, 9.17) is 4.74 Å². The molecule has 0 fully saturated rings. The average molecular weight is 413 g/mol. The number of aromatic nitrogens is 4. The molecule has 4 aromatic rings. The summed E-state index contributed by atoms with van der Waals surface area (Å²) in [5.74, 6) is -0.593. The topological polar surface area (TPSA) is 64.9 Å². The Kier molecular flexibility index (Phi) is 5.26. The molecule has 4 rings (SSSR count). The fraction of sp³-hybridized carbons (Fsp3) is 0.190. The number of anilines is 1. The van der Waals surface area contributed by atoms with Crippen LogP contribution in [0.4, 0.5) is 19.0 Å². The number of halogens is 3. The summed E-state index contributed by atoms with van der Waals surface area (Å²) in [7, 11) is 0. The molecule has 154 valence electrons. The Morgan fingerprint density at radius 2 is 1.83 bits per heavy atom. The third-order valence-electron chi connectivity index (χ3n) is 4.34. The van der Waals surface area contributed by atoms with Gasteiger partial charge >= 0.3 is 6.18 Å². The van der Waals surface area contributed by atoms with Gasteiger partial charge in [-0.1, -0.05) is 36.4 Å². The van der Waals surface area contributed by atoms with Crippen molar-refractivity contribution in [3.8, 4) is 11.4 Å². The van der Waals surface area contributed by atoms with Gasteiger partial charge in [-0.25, -0.2) is 15.0 Å². The Balaban J connectivity index is 1.71. The summed E-state index contributed by atoms with van der Waals surface area (Å²) in [6, 6.07) is 16.7. The molecular weight excluding hydrogens is 395 g/mol. The number of fused-ring (bicyclic) bond motifs is 1. The van der Waals surface area contributed by atoms with Crippen molar-refractivity contribution in [2.75, 3.05) is 11.9 Å². The van der Waals surface area contributed by atoms with Crippen molar-refractivity contribution in [3.05, 3.63) is 72.3 Å². The summed E-state index contributed by atoms with van der Waals surface area (Å²) in [6.45, 7) is 2.55. The van der Waals surface area contributed by atoms with Gasteiger partial charge in [-0.05, 0) is 24.6 Å². The standard InChI is InChI=1S/C21H18F3N5O/c1-2-25-18-17-19(28-20(27-18)21(22,23)24)29(13-26-17)15-9-6-10-16(11-15)30-12-14-7-4-3-5-8-14/h3-11,13H,2,12H2,1H3,(H,25,27,28). The summed E-state index contributed by atoms with van der Waals surface area (Å²) in [6.07, 6.45) is -3.25. The second kappa shape index (κ2) is 8.02. The lowest BCUT2D eigenvalue weighted by molar-refractivity contribution is -0.144. The third-order valence-corrected chi connectivity index (χ3v) is 4.34. The van der Waals surface area contributed by atoms with Crippen LogP contribution in [-0.4, -0.2) is 26.1 Å². The molecule has 2 aromatic heterocycles. The molecule has 9 heteroatoms. The fourth-order valence-electron chi connectivity index (χ4n) is 2.97. The highest BCUT2D eigenvalue weighted by Gasteiger charge is 2.36. The summed E-state index contributed by atoms with van der Waals surface area (Å²) in [4.78, 5) is 11.6. The molecule has 2 aromatic carbocycles. The maximum absolute atomic E-state index is 13.3. The molecule has 0 bridgehead atoms. The molecular formula is C21H18F3N5O. The van der Waals surface area contributed by atoms with E-state index in [0.717, 1.165) is 5.56 Å². The number of nitrogens with one attached hydrogen (secondary N) is 1. The first-order valence-electron chi connectivity index (χ1n) is 9.29. The number of benzene rings is 2. The average Bonchev–Trinajstić information content (AvgIpc) is 3.17. The molecule has 0 atom stereocenters. The van der Waals surface area contributed by atoms with Crippen LogP contribution < -0.4 is 10.1 Å². The highest BCUT2D eigenvalue weighted by atomic mass is 19.4. The van der Waals surface area contributed by atoms with Gasteiger partial charge in [-0.15, -0.1) is 0 Å². The highest BCUT2D eigenvalue weighted by molar-refractivity contribution is 5.84. The van der Waals surface area contributed by atoms with Crippen molar-refractivity contribution >= 4 is 17.0 Å². The van der Waals surface area contributed by atoms with Crippen LogP contribution in [0.2, 0.25) is 0 Å². The molecule has 2 heterocycles. The molecule has 6 nitrogen and oxygen atoms in total. The van der Waals surface area contributed by atoms with Crippen LogP contribution in [0, 0.1) is 0 Å². The van der Waals surface area contributed by atoms with Crippen LogP contribution in [-0.2, 0) is 12.8 Å². The first-order chi connectivity index (χ1) is 14.5. The number of nitrogens with zero attached hydrogens (tertiary/aromatic N) is 4. The largest absolute Gasteiger partial charge is 0.489 e. The third kappa shape index (κ3) is 4.05. The van der Waals surface area contributed by atoms with Crippen LogP contribution in [0.15, 0.2) is 60.9 Å². The second-order valence-electron chi connectivity index (χ2n) is 6.48. The Labute approximate surface area is 170 Å². The maximum Gasteiger partial charge on any atom is 0.451 e. The molecule has 0 radical (unpaired) electrons. The van der Waals surface area contributed by atoms with E-state index < -0.39 is 12.0 Å². The van der Waals surface area contributed by atoms with E-state index in [1.807, 2.05) is 30.3 Å². The normalized spacial score (nSPS) is 11.6. The first kappa shape index (κ1) is 19.7. The van der Waals surface area contributed by atoms with Crippen molar-refractivity contribution < 1.29 is 17.9 Å². The van der Waals surface area contributed by atoms with Crippen molar-refractivity contribution in [1.29, 1.82) is 0 Å². The van der Waals surface area contributed by atoms with E-state index in [9.17, 15) is 13.2 Å². The molecule has 0 saturated carbocycles. The lowest BCUT2D eigenvalue weighted by Crippen LogP contribution is -2.14. The molecule has 1 N–H and O–H groups in total. The van der Waals surface area contributed by atoms with Crippen LogP contribution in [0.3, 0.4) is 0 Å². The van der Waals surface area contributed by atoms with Crippen LogP contribution in [0.1, 0.15) is 18.3 Å². The zero-order valence-corrected chi connectivity index (χ0v) is 16.0. The summed E-state index contributed by atoms with van der Waals surface area (Å²) >= 11 is 0. The minimum atomic E-state index is -4.67. The van der Waals surface area contributed by atoms with Crippen molar-refractivity contribution in [3.63, 3.8) is 0 Å². The molecule has 0 saturated heterocycles. The monoisotopic (exact) mass is 413 g/mol. The van der Waals surface area contributed by atoms with Gasteiger partial charge in [0.25, 0.3) is 0 Å². The molecule has 30 heavy (non-hydrogen) atoms. The minimum absolute atomic E-state index is 0.0463. The van der Waals surface area contributed by atoms with Gasteiger partial charge in [0.1, 0.15) is 18.7 Å². The Bertz CT molecular complexity index is 1160. The van der Waals surface area contributed by atoms with E-state index in [0.29, 0.717) is 24.6 Å². The lowest BCUT2D eigenvalue weighted by Gasteiger charge is -2.11. The SMILES string of the molecule is CCNc1nc(C(F)(F)F)nc2c1ncn2-c1cccc(OCc2ccccc2)c1. The van der Waals surface area contributed by atoms with Crippen molar-refractivity contribution in [2.24, 2.45) is 0 Å². The predicted molar refractivity (Wildman–Crippen MR) is 107 cm³/mol. The summed E-state index contributed by atoms with van der Waals surface area (Å²) in [5.41, 5.74) is 1.92. The second-order valence-corrected chi connectivity index (χ2v) is 6.48. The fourth-order valence-corrected chi connectivity index (χ4v) is 2.97. The molecule has 0 spiro atoms. The van der Waals surface area contributed by atoms with Gasteiger partial charge in [0.15, 0.2) is 17.0 Å². The summed E-state index contributed by atoms with van der Waals surface area (Å²) < 4.78 is 47.2. The van der Waals surface area contributed by atoms with E-state index in [1.54, 1.807) is 31.2 Å². The van der Waals surface area contributed by atoms with Crippen LogP contribution in [0.25, 0.3) is 16.9 Å². The predicted octanol–water partition coefficient (Wildman–Crippen LogP) is 4.85. The highest BCUT2D eigenvalue weighted by Crippen LogP contribution is 2.31. The van der Waals surface area contributed by atoms with E-state index in [2.05, 4.69) is 20.3 Å². The summed E-state index contributed by atoms with van der Waals surface area (Å²) in [5, 5.41) is 2.83. The number of rotatable bonds is 6. The van der Waals surface area contributed by atoms with Gasteiger partial charge in [0.2, 0.25) is 5.82 Å².